The number of tetrazole rings is 1. The van der Waals surface area contributed by atoms with E-state index in [4.69, 9.17) is 0 Å². The zero-order chi connectivity index (χ0) is 26.8. The summed E-state index contributed by atoms with van der Waals surface area (Å²) in [6, 6.07) is 24.3. The first-order valence-electron chi connectivity index (χ1n) is 13.5. The fourth-order valence-electron chi connectivity index (χ4n) is 5.77. The summed E-state index contributed by atoms with van der Waals surface area (Å²) in [7, 11) is 0. The van der Waals surface area contributed by atoms with Gasteiger partial charge in [0.15, 0.2) is 5.82 Å². The van der Waals surface area contributed by atoms with Gasteiger partial charge in [-0.15, -0.1) is 5.10 Å². The van der Waals surface area contributed by atoms with Crippen LogP contribution in [0.2, 0.25) is 0 Å². The van der Waals surface area contributed by atoms with Gasteiger partial charge in [-0.2, -0.15) is 0 Å². The third-order valence-electron chi connectivity index (χ3n) is 7.74. The Morgan fingerprint density at radius 3 is 2.44 bits per heavy atom. The van der Waals surface area contributed by atoms with Crippen LogP contribution in [0.15, 0.2) is 83.7 Å². The van der Waals surface area contributed by atoms with Crippen LogP contribution >= 0.6 is 0 Å². The minimum Gasteiger partial charge on any atom is -0.321 e. The first kappa shape index (κ1) is 25.1. The SMILES string of the molecule is Cc1cccc2cc([C@H](c3nnnn3C3CCCC3)N(Cc3ccccc3)Cc3ccc(F)cc3)c(=O)[nH]c12. The fourth-order valence-corrected chi connectivity index (χ4v) is 5.77. The molecule has 0 bridgehead atoms. The van der Waals surface area contributed by atoms with E-state index in [0.717, 1.165) is 53.3 Å². The number of benzene rings is 3. The molecule has 1 N–H and O–H groups in total. The van der Waals surface area contributed by atoms with Gasteiger partial charge in [0.05, 0.1) is 11.6 Å². The first-order chi connectivity index (χ1) is 19.1. The maximum Gasteiger partial charge on any atom is 0.253 e. The summed E-state index contributed by atoms with van der Waals surface area (Å²) in [5.74, 6) is 0.369. The molecule has 1 aliphatic rings. The third-order valence-corrected chi connectivity index (χ3v) is 7.74. The van der Waals surface area contributed by atoms with Gasteiger partial charge in [-0.1, -0.05) is 73.5 Å². The molecule has 7 nitrogen and oxygen atoms in total. The van der Waals surface area contributed by atoms with Crippen molar-refractivity contribution >= 4 is 10.9 Å². The van der Waals surface area contributed by atoms with Gasteiger partial charge in [-0.3, -0.25) is 9.69 Å². The number of halogens is 1. The van der Waals surface area contributed by atoms with Crippen molar-refractivity contribution in [1.82, 2.24) is 30.1 Å². The van der Waals surface area contributed by atoms with Crippen LogP contribution in [0.3, 0.4) is 0 Å². The third kappa shape index (κ3) is 5.25. The van der Waals surface area contributed by atoms with Gasteiger partial charge in [-0.25, -0.2) is 9.07 Å². The first-order valence-corrected chi connectivity index (χ1v) is 13.5. The minimum atomic E-state index is -0.528. The highest BCUT2D eigenvalue weighted by Gasteiger charge is 2.33. The van der Waals surface area contributed by atoms with E-state index in [1.807, 2.05) is 54.1 Å². The number of aromatic nitrogens is 5. The number of para-hydroxylation sites is 1. The van der Waals surface area contributed by atoms with Crippen LogP contribution in [0, 0.1) is 12.7 Å². The van der Waals surface area contributed by atoms with Crippen LogP contribution in [0.4, 0.5) is 4.39 Å². The maximum atomic E-state index is 13.8. The smallest absolute Gasteiger partial charge is 0.253 e. The normalized spacial score (nSPS) is 14.8. The van der Waals surface area contributed by atoms with E-state index in [9.17, 15) is 9.18 Å². The molecule has 0 unspecified atom stereocenters. The lowest BCUT2D eigenvalue weighted by Gasteiger charge is -2.32. The summed E-state index contributed by atoms with van der Waals surface area (Å²) in [6.45, 7) is 3.01. The molecule has 2 aromatic heterocycles. The molecule has 3 aromatic carbocycles. The van der Waals surface area contributed by atoms with E-state index in [0.29, 0.717) is 24.5 Å². The molecular formula is C31H31FN6O. The average Bonchev–Trinajstić information content (AvgIpc) is 3.64. The summed E-state index contributed by atoms with van der Waals surface area (Å²) in [5.41, 5.74) is 4.28. The molecule has 0 spiro atoms. The van der Waals surface area contributed by atoms with Crippen molar-refractivity contribution in [3.63, 3.8) is 0 Å². The summed E-state index contributed by atoms with van der Waals surface area (Å²) in [4.78, 5) is 19.2. The molecule has 0 amide bonds. The van der Waals surface area contributed by atoms with Crippen molar-refractivity contribution in [1.29, 1.82) is 0 Å². The number of aromatic amines is 1. The molecule has 1 saturated carbocycles. The molecule has 6 rings (SSSR count). The Kier molecular flexibility index (Phi) is 7.02. The van der Waals surface area contributed by atoms with Crippen molar-refractivity contribution in [2.45, 2.75) is 57.8 Å². The minimum absolute atomic E-state index is 0.167. The number of H-pyrrole nitrogens is 1. The Morgan fingerprint density at radius 2 is 1.69 bits per heavy atom. The largest absolute Gasteiger partial charge is 0.321 e. The summed E-state index contributed by atoms with van der Waals surface area (Å²) >= 11 is 0. The summed E-state index contributed by atoms with van der Waals surface area (Å²) < 4.78 is 15.7. The number of hydrogen-bond acceptors (Lipinski definition) is 5. The molecule has 1 aliphatic carbocycles. The van der Waals surface area contributed by atoms with E-state index in [1.165, 1.54) is 12.1 Å². The second-order valence-corrected chi connectivity index (χ2v) is 10.4. The van der Waals surface area contributed by atoms with Crippen LogP contribution in [0.5, 0.6) is 0 Å². The Morgan fingerprint density at radius 1 is 0.974 bits per heavy atom. The zero-order valence-corrected chi connectivity index (χ0v) is 21.9. The molecule has 5 aromatic rings. The molecule has 1 atom stereocenters. The van der Waals surface area contributed by atoms with Gasteiger partial charge in [0.25, 0.3) is 5.56 Å². The Labute approximate surface area is 226 Å². The molecule has 0 saturated heterocycles. The summed E-state index contributed by atoms with van der Waals surface area (Å²) in [6.07, 6.45) is 4.28. The lowest BCUT2D eigenvalue weighted by atomic mass is 10.00. The highest BCUT2D eigenvalue weighted by Crippen LogP contribution is 2.35. The second-order valence-electron chi connectivity index (χ2n) is 10.4. The number of nitrogens with zero attached hydrogens (tertiary/aromatic N) is 5. The number of hydrogen-bond donors (Lipinski definition) is 1. The zero-order valence-electron chi connectivity index (χ0n) is 21.9. The molecular weight excluding hydrogens is 491 g/mol. The number of rotatable bonds is 8. The maximum absolute atomic E-state index is 13.8. The summed E-state index contributed by atoms with van der Waals surface area (Å²) in [5, 5.41) is 14.0. The molecule has 39 heavy (non-hydrogen) atoms. The van der Waals surface area contributed by atoms with E-state index >= 15 is 0 Å². The van der Waals surface area contributed by atoms with E-state index in [1.54, 1.807) is 12.1 Å². The molecule has 0 aliphatic heterocycles. The van der Waals surface area contributed by atoms with Gasteiger partial charge >= 0.3 is 0 Å². The molecule has 0 radical (unpaired) electrons. The van der Waals surface area contributed by atoms with Crippen molar-refractivity contribution < 1.29 is 4.39 Å². The quantitative estimate of drug-likeness (QED) is 0.276. The van der Waals surface area contributed by atoms with Crippen molar-refractivity contribution in [2.75, 3.05) is 0 Å². The number of fused-ring (bicyclic) bond motifs is 1. The molecule has 8 heteroatoms. The fraction of sp³-hybridized carbons (Fsp3) is 0.290. The van der Waals surface area contributed by atoms with Gasteiger partial charge in [-0.05, 0) is 70.5 Å². The van der Waals surface area contributed by atoms with Crippen molar-refractivity contribution in [3.05, 3.63) is 123 Å². The standard InChI is InChI=1S/C31H31FN6O/c1-21-8-7-11-24-18-27(31(39)33-28(21)24)29(30-34-35-36-38(30)26-12-5-6-13-26)37(19-22-9-3-2-4-10-22)20-23-14-16-25(32)17-15-23/h2-4,7-11,14-18,26,29H,5-6,12-13,19-20H2,1H3,(H,33,39)/t29-/m1/s1. The van der Waals surface area contributed by atoms with Crippen LogP contribution in [0.1, 0.15) is 65.8 Å². The lowest BCUT2D eigenvalue weighted by molar-refractivity contribution is 0.190. The second kappa shape index (κ2) is 10.9. The van der Waals surface area contributed by atoms with Gasteiger partial charge < -0.3 is 4.98 Å². The predicted molar refractivity (Wildman–Crippen MR) is 149 cm³/mol. The number of pyridine rings is 1. The highest BCUT2D eigenvalue weighted by molar-refractivity contribution is 5.82. The average molecular weight is 523 g/mol. The van der Waals surface area contributed by atoms with Crippen LogP contribution in [0.25, 0.3) is 10.9 Å². The molecule has 2 heterocycles. The Hall–Kier alpha value is -4.17. The topological polar surface area (TPSA) is 79.7 Å². The predicted octanol–water partition coefficient (Wildman–Crippen LogP) is 5.87. The van der Waals surface area contributed by atoms with Gasteiger partial charge in [0, 0.05) is 18.7 Å². The van der Waals surface area contributed by atoms with Crippen LogP contribution in [-0.2, 0) is 13.1 Å². The molecule has 198 valence electrons. The lowest BCUT2D eigenvalue weighted by Crippen LogP contribution is -2.35. The highest BCUT2D eigenvalue weighted by atomic mass is 19.1. The molecule has 1 fully saturated rings. The van der Waals surface area contributed by atoms with Gasteiger partial charge in [0.1, 0.15) is 11.9 Å². The van der Waals surface area contributed by atoms with E-state index in [-0.39, 0.29) is 17.4 Å². The monoisotopic (exact) mass is 522 g/mol. The number of aryl methyl sites for hydroxylation is 1. The Balaban J connectivity index is 1.54. The van der Waals surface area contributed by atoms with Crippen LogP contribution in [-0.4, -0.2) is 30.1 Å². The Bertz CT molecular complexity index is 1620. The van der Waals surface area contributed by atoms with E-state index < -0.39 is 6.04 Å². The van der Waals surface area contributed by atoms with Crippen molar-refractivity contribution in [3.8, 4) is 0 Å². The van der Waals surface area contributed by atoms with Crippen LogP contribution < -0.4 is 5.56 Å². The van der Waals surface area contributed by atoms with Crippen molar-refractivity contribution in [2.24, 2.45) is 0 Å². The number of nitrogens with one attached hydrogen (secondary N) is 1. The van der Waals surface area contributed by atoms with Gasteiger partial charge in [0.2, 0.25) is 0 Å². The van der Waals surface area contributed by atoms with E-state index in [2.05, 4.69) is 37.5 Å².